The fourth-order valence-electron chi connectivity index (χ4n) is 2.63. The van der Waals surface area contributed by atoms with Crippen molar-refractivity contribution in [2.75, 3.05) is 19.6 Å². The molecule has 2 rings (SSSR count). The van der Waals surface area contributed by atoms with E-state index in [0.717, 1.165) is 12.8 Å². The van der Waals surface area contributed by atoms with Crippen molar-refractivity contribution in [3.8, 4) is 0 Å². The largest absolute Gasteiger partial charge is 0.481 e. The molecule has 1 saturated carbocycles. The van der Waals surface area contributed by atoms with Gasteiger partial charge >= 0.3 is 12.0 Å². The average molecular weight is 297 g/mol. The van der Waals surface area contributed by atoms with E-state index in [0.29, 0.717) is 32.4 Å². The topological polar surface area (TPSA) is 98.7 Å². The van der Waals surface area contributed by atoms with Crippen LogP contribution in [0.4, 0.5) is 4.79 Å². The third-order valence-corrected chi connectivity index (χ3v) is 4.48. The molecular weight excluding hydrogens is 274 g/mol. The highest BCUT2D eigenvalue weighted by Crippen LogP contribution is 2.35. The number of rotatable bonds is 5. The molecule has 3 N–H and O–H groups in total. The second-order valence-corrected chi connectivity index (χ2v) is 5.93. The average Bonchev–Trinajstić information content (AvgIpc) is 3.28. The molecule has 7 heteroatoms. The Balaban J connectivity index is 1.74. The Morgan fingerprint density at radius 2 is 1.86 bits per heavy atom. The number of urea groups is 1. The molecule has 0 spiro atoms. The molecule has 0 aromatic heterocycles. The number of nitrogens with one attached hydrogen (secondary N) is 2. The van der Waals surface area contributed by atoms with Crippen molar-refractivity contribution in [2.24, 2.45) is 5.41 Å². The van der Waals surface area contributed by atoms with Crippen LogP contribution in [0.1, 0.15) is 39.0 Å². The van der Waals surface area contributed by atoms with Crippen molar-refractivity contribution in [3.63, 3.8) is 0 Å². The Morgan fingerprint density at radius 3 is 2.33 bits per heavy atom. The molecule has 0 aromatic rings. The van der Waals surface area contributed by atoms with Gasteiger partial charge in [-0.1, -0.05) is 6.92 Å². The smallest absolute Gasteiger partial charge is 0.317 e. The Labute approximate surface area is 124 Å². The summed E-state index contributed by atoms with van der Waals surface area (Å²) in [6.45, 7) is 2.67. The van der Waals surface area contributed by atoms with Crippen molar-refractivity contribution < 1.29 is 19.5 Å². The Hall–Kier alpha value is -1.79. The quantitative estimate of drug-likeness (QED) is 0.690. The lowest BCUT2D eigenvalue weighted by Gasteiger charge is -2.38. The van der Waals surface area contributed by atoms with E-state index < -0.39 is 11.4 Å². The molecule has 0 unspecified atom stereocenters. The summed E-state index contributed by atoms with van der Waals surface area (Å²) < 4.78 is 0. The fraction of sp³-hybridized carbons (Fsp3) is 0.786. The van der Waals surface area contributed by atoms with Gasteiger partial charge in [0.15, 0.2) is 0 Å². The van der Waals surface area contributed by atoms with Gasteiger partial charge in [0.25, 0.3) is 0 Å². The van der Waals surface area contributed by atoms with Crippen molar-refractivity contribution in [3.05, 3.63) is 0 Å². The number of nitrogens with zero attached hydrogens (tertiary/aromatic N) is 1. The second kappa shape index (κ2) is 6.32. The lowest BCUT2D eigenvalue weighted by molar-refractivity contribution is -0.151. The van der Waals surface area contributed by atoms with Gasteiger partial charge in [-0.15, -0.1) is 0 Å². The van der Waals surface area contributed by atoms with Crippen LogP contribution in [0.15, 0.2) is 0 Å². The van der Waals surface area contributed by atoms with Gasteiger partial charge in [-0.2, -0.15) is 0 Å². The van der Waals surface area contributed by atoms with Crippen LogP contribution < -0.4 is 10.6 Å². The minimum Gasteiger partial charge on any atom is -0.481 e. The standard InChI is InChI=1S/C14H23N3O4/c1-2-14(12(19)20)5-7-17(8-6-14)13(21)15-9-11(18)16-10-3-4-10/h10H,2-9H2,1H3,(H,15,21)(H,16,18)(H,19,20). The zero-order chi connectivity index (χ0) is 15.5. The summed E-state index contributed by atoms with van der Waals surface area (Å²) >= 11 is 0. The van der Waals surface area contributed by atoms with E-state index in [-0.39, 0.29) is 24.5 Å². The molecule has 2 aliphatic rings. The molecule has 2 fully saturated rings. The number of likely N-dealkylation sites (tertiary alicyclic amines) is 1. The van der Waals surface area contributed by atoms with Gasteiger partial charge in [0.2, 0.25) is 5.91 Å². The first kappa shape index (κ1) is 15.6. The lowest BCUT2D eigenvalue weighted by atomic mass is 9.76. The summed E-state index contributed by atoms with van der Waals surface area (Å²) in [7, 11) is 0. The summed E-state index contributed by atoms with van der Waals surface area (Å²) in [5.41, 5.74) is -0.708. The number of carbonyl (C=O) groups is 3. The van der Waals surface area contributed by atoms with E-state index >= 15 is 0 Å². The van der Waals surface area contributed by atoms with E-state index in [1.54, 1.807) is 4.90 Å². The van der Waals surface area contributed by atoms with Crippen molar-refractivity contribution in [1.29, 1.82) is 0 Å². The van der Waals surface area contributed by atoms with Gasteiger partial charge in [0, 0.05) is 19.1 Å². The third-order valence-electron chi connectivity index (χ3n) is 4.48. The summed E-state index contributed by atoms with van der Waals surface area (Å²) in [5.74, 6) is -0.954. The van der Waals surface area contributed by atoms with Crippen LogP contribution in [0.5, 0.6) is 0 Å². The zero-order valence-corrected chi connectivity index (χ0v) is 12.4. The molecule has 7 nitrogen and oxygen atoms in total. The van der Waals surface area contributed by atoms with Crippen LogP contribution >= 0.6 is 0 Å². The molecule has 21 heavy (non-hydrogen) atoms. The first-order valence-corrected chi connectivity index (χ1v) is 7.52. The number of carboxylic acid groups (broad SMARTS) is 1. The molecule has 3 amide bonds. The molecule has 1 saturated heterocycles. The molecular formula is C14H23N3O4. The Bertz CT molecular complexity index is 426. The maximum atomic E-state index is 12.0. The number of amides is 3. The summed E-state index contributed by atoms with van der Waals surface area (Å²) in [5, 5.41) is 14.7. The van der Waals surface area contributed by atoms with Gasteiger partial charge in [0.1, 0.15) is 0 Å². The van der Waals surface area contributed by atoms with Crippen molar-refractivity contribution in [2.45, 2.75) is 45.1 Å². The molecule has 0 atom stereocenters. The predicted molar refractivity (Wildman–Crippen MR) is 75.7 cm³/mol. The van der Waals surface area contributed by atoms with Gasteiger partial charge in [-0.05, 0) is 32.1 Å². The van der Waals surface area contributed by atoms with Gasteiger partial charge < -0.3 is 20.6 Å². The maximum Gasteiger partial charge on any atom is 0.317 e. The monoisotopic (exact) mass is 297 g/mol. The SMILES string of the molecule is CCC1(C(=O)O)CCN(C(=O)NCC(=O)NC2CC2)CC1. The second-order valence-electron chi connectivity index (χ2n) is 5.93. The zero-order valence-electron chi connectivity index (χ0n) is 12.4. The first-order chi connectivity index (χ1) is 9.97. The molecule has 118 valence electrons. The van der Waals surface area contributed by atoms with E-state index in [9.17, 15) is 19.5 Å². The Morgan fingerprint density at radius 1 is 1.24 bits per heavy atom. The third kappa shape index (κ3) is 3.86. The molecule has 0 bridgehead atoms. The number of hydrogen-bond donors (Lipinski definition) is 3. The van der Waals surface area contributed by atoms with Crippen LogP contribution in [0.25, 0.3) is 0 Å². The fourth-order valence-corrected chi connectivity index (χ4v) is 2.63. The van der Waals surface area contributed by atoms with Crippen LogP contribution in [0.2, 0.25) is 0 Å². The highest BCUT2D eigenvalue weighted by Gasteiger charge is 2.40. The van der Waals surface area contributed by atoms with Crippen LogP contribution in [0.3, 0.4) is 0 Å². The van der Waals surface area contributed by atoms with Crippen molar-refractivity contribution in [1.82, 2.24) is 15.5 Å². The Kier molecular flexibility index (Phi) is 4.69. The number of piperidine rings is 1. The number of aliphatic carboxylic acids is 1. The normalized spacial score (nSPS) is 20.7. The first-order valence-electron chi connectivity index (χ1n) is 7.52. The lowest BCUT2D eigenvalue weighted by Crippen LogP contribution is -2.51. The predicted octanol–water partition coefficient (Wildman–Crippen LogP) is 0.551. The van der Waals surface area contributed by atoms with E-state index in [4.69, 9.17) is 0 Å². The molecule has 1 aliphatic heterocycles. The minimum atomic E-state index is -0.783. The van der Waals surface area contributed by atoms with Gasteiger partial charge in [0.05, 0.1) is 12.0 Å². The van der Waals surface area contributed by atoms with E-state index in [1.165, 1.54) is 0 Å². The van der Waals surface area contributed by atoms with Crippen LogP contribution in [-0.2, 0) is 9.59 Å². The summed E-state index contributed by atoms with van der Waals surface area (Å²) in [6, 6.07) is -0.0128. The number of carboxylic acids is 1. The summed E-state index contributed by atoms with van der Waals surface area (Å²) in [6.07, 6.45) is 3.52. The summed E-state index contributed by atoms with van der Waals surface area (Å²) in [4.78, 5) is 36.4. The molecule has 0 aromatic carbocycles. The highest BCUT2D eigenvalue weighted by atomic mass is 16.4. The number of carbonyl (C=O) groups excluding carboxylic acids is 2. The van der Waals surface area contributed by atoms with Gasteiger partial charge in [-0.25, -0.2) is 4.79 Å². The van der Waals surface area contributed by atoms with Crippen LogP contribution in [0, 0.1) is 5.41 Å². The highest BCUT2D eigenvalue weighted by molar-refractivity contribution is 5.84. The number of hydrogen-bond acceptors (Lipinski definition) is 3. The minimum absolute atomic E-state index is 0.0241. The molecule has 0 radical (unpaired) electrons. The molecule has 1 heterocycles. The van der Waals surface area contributed by atoms with E-state index in [2.05, 4.69) is 10.6 Å². The van der Waals surface area contributed by atoms with E-state index in [1.807, 2.05) is 6.92 Å². The van der Waals surface area contributed by atoms with Crippen molar-refractivity contribution >= 4 is 17.9 Å². The van der Waals surface area contributed by atoms with Crippen LogP contribution in [-0.4, -0.2) is 53.6 Å². The maximum absolute atomic E-state index is 12.0. The molecule has 1 aliphatic carbocycles. The van der Waals surface area contributed by atoms with Gasteiger partial charge in [-0.3, -0.25) is 9.59 Å².